The number of carbonyl (C=O) groups is 3. The molecule has 22 heavy (non-hydrogen) atoms. The van der Waals surface area contributed by atoms with Gasteiger partial charge in [-0.2, -0.15) is 0 Å². The number of thiophene rings is 1. The van der Waals surface area contributed by atoms with Crippen molar-refractivity contribution in [1.82, 2.24) is 10.2 Å². The highest BCUT2D eigenvalue weighted by Gasteiger charge is 2.55. The van der Waals surface area contributed by atoms with Crippen molar-refractivity contribution in [2.75, 3.05) is 6.54 Å². The molecule has 6 heteroatoms. The van der Waals surface area contributed by atoms with Crippen molar-refractivity contribution in [3.8, 4) is 0 Å². The Labute approximate surface area is 133 Å². The number of carbonyl (C=O) groups excluding carboxylic acids is 3. The fourth-order valence-corrected chi connectivity index (χ4v) is 4.24. The van der Waals surface area contributed by atoms with Gasteiger partial charge in [-0.05, 0) is 37.8 Å². The van der Waals surface area contributed by atoms with Crippen molar-refractivity contribution in [3.05, 3.63) is 21.9 Å². The van der Waals surface area contributed by atoms with Crippen molar-refractivity contribution >= 4 is 29.1 Å². The van der Waals surface area contributed by atoms with Gasteiger partial charge in [-0.15, -0.1) is 11.3 Å². The molecule has 1 aliphatic carbocycles. The molecule has 2 heterocycles. The van der Waals surface area contributed by atoms with Crippen LogP contribution in [-0.2, 0) is 4.79 Å². The second-order valence-corrected chi connectivity index (χ2v) is 7.56. The Kier molecular flexibility index (Phi) is 3.80. The third-order valence-electron chi connectivity index (χ3n) is 4.82. The Balaban J connectivity index is 1.79. The zero-order valence-corrected chi connectivity index (χ0v) is 13.7. The lowest BCUT2D eigenvalue weighted by atomic mass is 9.73. The number of ketones is 1. The summed E-state index contributed by atoms with van der Waals surface area (Å²) in [6, 6.07) is 3.19. The minimum atomic E-state index is -0.791. The molecule has 1 saturated carbocycles. The quantitative estimate of drug-likeness (QED) is 0.688. The van der Waals surface area contributed by atoms with E-state index in [-0.39, 0.29) is 24.2 Å². The van der Waals surface area contributed by atoms with E-state index in [4.69, 9.17) is 0 Å². The number of aryl methyl sites for hydroxylation is 1. The minimum absolute atomic E-state index is 0.113. The van der Waals surface area contributed by atoms with Crippen LogP contribution in [0.15, 0.2) is 12.1 Å². The third-order valence-corrected chi connectivity index (χ3v) is 5.86. The number of imide groups is 1. The first-order chi connectivity index (χ1) is 10.4. The number of urea groups is 1. The molecule has 1 spiro atoms. The Morgan fingerprint density at radius 3 is 2.82 bits per heavy atom. The maximum Gasteiger partial charge on any atom is 0.325 e. The number of amides is 3. The fourth-order valence-electron chi connectivity index (χ4n) is 3.44. The molecule has 2 aliphatic rings. The molecule has 1 N–H and O–H groups in total. The summed E-state index contributed by atoms with van der Waals surface area (Å²) in [7, 11) is 0. The number of hydrogen-bond donors (Lipinski definition) is 1. The van der Waals surface area contributed by atoms with Crippen molar-refractivity contribution < 1.29 is 14.4 Å². The molecule has 0 aromatic carbocycles. The summed E-state index contributed by atoms with van der Waals surface area (Å²) in [5.41, 5.74) is -0.791. The standard InChI is InChI=1S/C16H20N2O3S/c1-10-5-3-4-8-16(10)14(20)18(15(21)17-16)9-12(19)13-7-6-11(2)22-13/h6-7,10H,3-5,8-9H2,1-2H3,(H,17,21)/t10-,16+/m1/s1. The molecule has 2 atom stereocenters. The minimum Gasteiger partial charge on any atom is -0.323 e. The van der Waals surface area contributed by atoms with Crippen LogP contribution in [-0.4, -0.2) is 34.7 Å². The first kappa shape index (κ1) is 15.2. The van der Waals surface area contributed by atoms with E-state index < -0.39 is 11.6 Å². The Bertz CT molecular complexity index is 639. The third kappa shape index (κ3) is 2.35. The lowest BCUT2D eigenvalue weighted by Gasteiger charge is -2.36. The van der Waals surface area contributed by atoms with Gasteiger partial charge in [0.2, 0.25) is 0 Å². The predicted molar refractivity (Wildman–Crippen MR) is 84.0 cm³/mol. The van der Waals surface area contributed by atoms with Crippen LogP contribution >= 0.6 is 11.3 Å². The lowest BCUT2D eigenvalue weighted by molar-refractivity contribution is -0.133. The molecular formula is C16H20N2O3S. The van der Waals surface area contributed by atoms with E-state index in [1.807, 2.05) is 19.9 Å². The maximum absolute atomic E-state index is 12.8. The highest BCUT2D eigenvalue weighted by atomic mass is 32.1. The highest BCUT2D eigenvalue weighted by Crippen LogP contribution is 2.38. The molecule has 2 fully saturated rings. The molecule has 1 aromatic heterocycles. The van der Waals surface area contributed by atoms with E-state index in [1.165, 1.54) is 11.3 Å². The van der Waals surface area contributed by atoms with Crippen molar-refractivity contribution in [1.29, 1.82) is 0 Å². The van der Waals surface area contributed by atoms with Gasteiger partial charge in [0, 0.05) is 4.88 Å². The predicted octanol–water partition coefficient (Wildman–Crippen LogP) is 2.74. The monoisotopic (exact) mass is 320 g/mol. The van der Waals surface area contributed by atoms with Gasteiger partial charge in [-0.25, -0.2) is 4.79 Å². The molecule has 3 rings (SSSR count). The Hall–Kier alpha value is -1.69. The van der Waals surface area contributed by atoms with Crippen LogP contribution in [0.25, 0.3) is 0 Å². The largest absolute Gasteiger partial charge is 0.325 e. The van der Waals surface area contributed by atoms with E-state index in [0.29, 0.717) is 11.3 Å². The van der Waals surface area contributed by atoms with Gasteiger partial charge in [0.25, 0.3) is 5.91 Å². The van der Waals surface area contributed by atoms with Gasteiger partial charge in [-0.1, -0.05) is 19.8 Å². The summed E-state index contributed by atoms with van der Waals surface area (Å²) in [5.74, 6) is -0.296. The fraction of sp³-hybridized carbons (Fsp3) is 0.562. The number of rotatable bonds is 3. The zero-order valence-electron chi connectivity index (χ0n) is 12.8. The van der Waals surface area contributed by atoms with E-state index >= 15 is 0 Å². The van der Waals surface area contributed by atoms with E-state index in [9.17, 15) is 14.4 Å². The van der Waals surface area contributed by atoms with E-state index in [1.54, 1.807) is 6.07 Å². The Morgan fingerprint density at radius 2 is 2.18 bits per heavy atom. The average Bonchev–Trinajstić information content (AvgIpc) is 3.01. The summed E-state index contributed by atoms with van der Waals surface area (Å²) in [4.78, 5) is 40.0. The first-order valence-corrected chi connectivity index (χ1v) is 8.49. The number of nitrogens with zero attached hydrogens (tertiary/aromatic N) is 1. The molecular weight excluding hydrogens is 300 g/mol. The van der Waals surface area contributed by atoms with Crippen LogP contribution in [0.5, 0.6) is 0 Å². The molecule has 0 bridgehead atoms. The SMILES string of the molecule is Cc1ccc(C(=O)CN2C(=O)N[C@]3(CCCC[C@H]3C)C2=O)s1. The van der Waals surface area contributed by atoms with Gasteiger partial charge in [0.15, 0.2) is 5.78 Å². The summed E-state index contributed by atoms with van der Waals surface area (Å²) < 4.78 is 0. The van der Waals surface area contributed by atoms with Gasteiger partial charge in [0.1, 0.15) is 5.54 Å². The maximum atomic E-state index is 12.8. The second kappa shape index (κ2) is 5.50. The van der Waals surface area contributed by atoms with Gasteiger partial charge >= 0.3 is 6.03 Å². The summed E-state index contributed by atoms with van der Waals surface area (Å²) in [5, 5.41) is 2.87. The molecule has 118 valence electrons. The van der Waals surface area contributed by atoms with Gasteiger partial charge in [0.05, 0.1) is 11.4 Å². The molecule has 0 unspecified atom stereocenters. The van der Waals surface area contributed by atoms with Crippen molar-refractivity contribution in [2.24, 2.45) is 5.92 Å². The van der Waals surface area contributed by atoms with Crippen LogP contribution in [0, 0.1) is 12.8 Å². The topological polar surface area (TPSA) is 66.5 Å². The van der Waals surface area contributed by atoms with Crippen LogP contribution in [0.2, 0.25) is 0 Å². The van der Waals surface area contributed by atoms with Crippen molar-refractivity contribution in [3.63, 3.8) is 0 Å². The molecule has 0 radical (unpaired) electrons. The summed E-state index contributed by atoms with van der Waals surface area (Å²) >= 11 is 1.39. The van der Waals surface area contributed by atoms with E-state index in [2.05, 4.69) is 5.32 Å². The van der Waals surface area contributed by atoms with Crippen molar-refractivity contribution in [2.45, 2.75) is 45.1 Å². The van der Waals surface area contributed by atoms with Crippen LogP contribution in [0.4, 0.5) is 4.79 Å². The van der Waals surface area contributed by atoms with Crippen LogP contribution in [0.1, 0.15) is 47.2 Å². The molecule has 5 nitrogen and oxygen atoms in total. The number of hydrogen-bond acceptors (Lipinski definition) is 4. The molecule has 1 saturated heterocycles. The number of Topliss-reactive ketones (excluding diaryl/α,β-unsaturated/α-hetero) is 1. The smallest absolute Gasteiger partial charge is 0.323 e. The van der Waals surface area contributed by atoms with E-state index in [0.717, 1.165) is 29.0 Å². The number of nitrogens with one attached hydrogen (secondary N) is 1. The van der Waals surface area contributed by atoms with Crippen LogP contribution < -0.4 is 5.32 Å². The summed E-state index contributed by atoms with van der Waals surface area (Å²) in [6.45, 7) is 3.76. The molecule has 1 aromatic rings. The Morgan fingerprint density at radius 1 is 1.41 bits per heavy atom. The second-order valence-electron chi connectivity index (χ2n) is 6.27. The average molecular weight is 320 g/mol. The molecule has 3 amide bonds. The van der Waals surface area contributed by atoms with Crippen LogP contribution in [0.3, 0.4) is 0 Å². The first-order valence-electron chi connectivity index (χ1n) is 7.68. The normalized spacial score (nSPS) is 28.3. The highest BCUT2D eigenvalue weighted by molar-refractivity contribution is 7.14. The van der Waals surface area contributed by atoms with Gasteiger partial charge < -0.3 is 5.32 Å². The summed E-state index contributed by atoms with van der Waals surface area (Å²) in [6.07, 6.45) is 3.61. The molecule has 1 aliphatic heterocycles. The van der Waals surface area contributed by atoms with Gasteiger partial charge in [-0.3, -0.25) is 14.5 Å². The zero-order chi connectivity index (χ0) is 15.9. The lowest BCUT2D eigenvalue weighted by Crippen LogP contribution is -2.54.